The number of benzene rings is 3. The molecule has 0 aliphatic heterocycles. The van der Waals surface area contributed by atoms with E-state index in [-0.39, 0.29) is 11.3 Å². The van der Waals surface area contributed by atoms with Gasteiger partial charge in [0.2, 0.25) is 0 Å². The van der Waals surface area contributed by atoms with Gasteiger partial charge in [0.1, 0.15) is 11.6 Å². The summed E-state index contributed by atoms with van der Waals surface area (Å²) in [6, 6.07) is 20.7. The summed E-state index contributed by atoms with van der Waals surface area (Å²) in [5, 5.41) is 23.9. The fourth-order valence-electron chi connectivity index (χ4n) is 2.93. The Labute approximate surface area is 169 Å². The van der Waals surface area contributed by atoms with Crippen LogP contribution in [0.1, 0.15) is 11.1 Å². The van der Waals surface area contributed by atoms with Crippen LogP contribution in [0.25, 0.3) is 16.8 Å². The zero-order valence-corrected chi connectivity index (χ0v) is 15.9. The molecule has 0 atom stereocenters. The van der Waals surface area contributed by atoms with Crippen LogP contribution in [0.2, 0.25) is 0 Å². The minimum atomic E-state index is -0.437. The van der Waals surface area contributed by atoms with E-state index in [1.54, 1.807) is 24.3 Å². The van der Waals surface area contributed by atoms with Crippen LogP contribution in [-0.4, -0.2) is 18.1 Å². The van der Waals surface area contributed by atoms with Crippen LogP contribution in [-0.2, 0) is 11.3 Å². The molecule has 5 nitrogen and oxygen atoms in total. The van der Waals surface area contributed by atoms with E-state index in [0.29, 0.717) is 12.3 Å². The Morgan fingerprint density at radius 3 is 2.76 bits per heavy atom. The number of hydrogen-bond donors (Lipinski definition) is 2. The highest BCUT2D eigenvalue weighted by atomic mass is 16.5. The van der Waals surface area contributed by atoms with Gasteiger partial charge in [-0.1, -0.05) is 60.7 Å². The maximum atomic E-state index is 12.4. The fraction of sp³-hybridized carbons (Fsp3) is 0.0833. The highest BCUT2D eigenvalue weighted by Crippen LogP contribution is 2.26. The predicted octanol–water partition coefficient (Wildman–Crippen LogP) is 4.33. The molecule has 0 bridgehead atoms. The van der Waals surface area contributed by atoms with Gasteiger partial charge in [-0.05, 0) is 40.1 Å². The minimum Gasteiger partial charge on any atom is -0.504 e. The van der Waals surface area contributed by atoms with Gasteiger partial charge in [-0.25, -0.2) is 0 Å². The van der Waals surface area contributed by atoms with Crippen LogP contribution in [0, 0.1) is 11.3 Å². The lowest BCUT2D eigenvalue weighted by Crippen LogP contribution is -2.24. The number of phenols is 1. The first-order valence-corrected chi connectivity index (χ1v) is 9.02. The van der Waals surface area contributed by atoms with Gasteiger partial charge in [0, 0.05) is 6.54 Å². The lowest BCUT2D eigenvalue weighted by molar-refractivity contribution is -0.117. The molecule has 3 aromatic rings. The summed E-state index contributed by atoms with van der Waals surface area (Å²) in [5.41, 5.74) is 1.76. The first-order chi connectivity index (χ1) is 14.1. The number of allylic oxidation sites excluding steroid dienone is 2. The highest BCUT2D eigenvalue weighted by molar-refractivity contribution is 5.98. The third kappa shape index (κ3) is 4.82. The number of nitrogens with one attached hydrogen (secondary N) is 1. The van der Waals surface area contributed by atoms with Crippen molar-refractivity contribution in [2.24, 2.45) is 0 Å². The van der Waals surface area contributed by atoms with Crippen molar-refractivity contribution in [2.75, 3.05) is 7.11 Å². The number of phenolic OH excluding ortho intramolecular Hbond substituents is 1. The van der Waals surface area contributed by atoms with Crippen molar-refractivity contribution in [3.05, 3.63) is 89.5 Å². The summed E-state index contributed by atoms with van der Waals surface area (Å²) in [4.78, 5) is 12.4. The zero-order valence-electron chi connectivity index (χ0n) is 15.9. The molecule has 29 heavy (non-hydrogen) atoms. The first kappa shape index (κ1) is 19.7. The van der Waals surface area contributed by atoms with Gasteiger partial charge >= 0.3 is 0 Å². The molecular weight excluding hydrogens is 364 g/mol. The predicted molar refractivity (Wildman–Crippen MR) is 113 cm³/mol. The van der Waals surface area contributed by atoms with Crippen LogP contribution in [0.4, 0.5) is 0 Å². The van der Waals surface area contributed by atoms with Crippen LogP contribution in [0.5, 0.6) is 11.5 Å². The van der Waals surface area contributed by atoms with E-state index in [0.717, 1.165) is 21.9 Å². The summed E-state index contributed by atoms with van der Waals surface area (Å²) in [7, 11) is 1.47. The largest absolute Gasteiger partial charge is 0.504 e. The maximum Gasteiger partial charge on any atom is 0.262 e. The Morgan fingerprint density at radius 2 is 1.97 bits per heavy atom. The van der Waals surface area contributed by atoms with Crippen molar-refractivity contribution in [1.82, 2.24) is 5.32 Å². The molecule has 0 saturated heterocycles. The summed E-state index contributed by atoms with van der Waals surface area (Å²) in [6.07, 6.45) is 4.79. The van der Waals surface area contributed by atoms with E-state index in [9.17, 15) is 15.2 Å². The molecule has 0 aliphatic rings. The monoisotopic (exact) mass is 384 g/mol. The molecule has 0 unspecified atom stereocenters. The van der Waals surface area contributed by atoms with Gasteiger partial charge in [0.25, 0.3) is 5.91 Å². The second-order valence-corrected chi connectivity index (χ2v) is 6.30. The summed E-state index contributed by atoms with van der Waals surface area (Å²) in [6.45, 7) is 0.331. The van der Waals surface area contributed by atoms with Crippen molar-refractivity contribution in [3.8, 4) is 17.6 Å². The average molecular weight is 384 g/mol. The Morgan fingerprint density at radius 1 is 1.17 bits per heavy atom. The lowest BCUT2D eigenvalue weighted by Gasteiger charge is -2.08. The summed E-state index contributed by atoms with van der Waals surface area (Å²) < 4.78 is 5.06. The van der Waals surface area contributed by atoms with E-state index in [1.165, 1.54) is 19.3 Å². The topological polar surface area (TPSA) is 82.3 Å². The van der Waals surface area contributed by atoms with Crippen LogP contribution >= 0.6 is 0 Å². The molecule has 3 rings (SSSR count). The number of carbonyl (C=O) groups excluding carboxylic acids is 1. The second kappa shape index (κ2) is 9.25. The molecule has 0 fully saturated rings. The quantitative estimate of drug-likeness (QED) is 0.376. The van der Waals surface area contributed by atoms with Gasteiger partial charge in [-0.15, -0.1) is 0 Å². The highest BCUT2D eigenvalue weighted by Gasteiger charge is 2.08. The van der Waals surface area contributed by atoms with Crippen molar-refractivity contribution < 1.29 is 14.6 Å². The molecule has 144 valence electrons. The third-order valence-corrected chi connectivity index (χ3v) is 4.44. The Bertz CT molecular complexity index is 1140. The van der Waals surface area contributed by atoms with Crippen LogP contribution < -0.4 is 10.1 Å². The lowest BCUT2D eigenvalue weighted by atomic mass is 10.0. The molecule has 0 aromatic heterocycles. The van der Waals surface area contributed by atoms with Crippen molar-refractivity contribution in [3.63, 3.8) is 0 Å². The van der Waals surface area contributed by atoms with Crippen molar-refractivity contribution in [1.29, 1.82) is 5.26 Å². The van der Waals surface area contributed by atoms with E-state index in [2.05, 4.69) is 5.32 Å². The number of hydrogen-bond acceptors (Lipinski definition) is 4. The smallest absolute Gasteiger partial charge is 0.262 e. The van der Waals surface area contributed by atoms with Gasteiger partial charge < -0.3 is 15.2 Å². The molecule has 2 N–H and O–H groups in total. The van der Waals surface area contributed by atoms with Gasteiger partial charge in [0.15, 0.2) is 11.5 Å². The number of fused-ring (bicyclic) bond motifs is 1. The number of aromatic hydroxyl groups is 1. The molecule has 1 amide bonds. The molecule has 0 saturated carbocycles. The number of nitrogens with zero attached hydrogens (tertiary/aromatic N) is 1. The molecule has 0 radical (unpaired) electrons. The molecule has 0 aliphatic carbocycles. The molecule has 3 aromatic carbocycles. The van der Waals surface area contributed by atoms with Gasteiger partial charge in [-0.2, -0.15) is 5.26 Å². The summed E-state index contributed by atoms with van der Waals surface area (Å²) >= 11 is 0. The number of ether oxygens (including phenoxy) is 1. The number of methoxy groups -OCH3 is 1. The number of amides is 1. The van der Waals surface area contributed by atoms with Gasteiger partial charge in [-0.3, -0.25) is 4.79 Å². The van der Waals surface area contributed by atoms with E-state index in [4.69, 9.17) is 4.74 Å². The maximum absolute atomic E-state index is 12.4. The first-order valence-electron chi connectivity index (χ1n) is 9.02. The fourth-order valence-corrected chi connectivity index (χ4v) is 2.93. The van der Waals surface area contributed by atoms with Crippen LogP contribution in [0.3, 0.4) is 0 Å². The molecule has 0 heterocycles. The van der Waals surface area contributed by atoms with Gasteiger partial charge in [0.05, 0.1) is 7.11 Å². The standard InChI is InChI=1S/C24H20N2O3/c1-29-23-14-17(12-13-22(23)27)6-4-9-19(15-25)24(28)26-16-20-10-5-8-18-7-2-3-11-21(18)20/h2-14,27H,16H2,1H3,(H,26,28). The zero-order chi connectivity index (χ0) is 20.6. The van der Waals surface area contributed by atoms with E-state index in [1.807, 2.05) is 48.5 Å². The Hall–Kier alpha value is -4.04. The van der Waals surface area contributed by atoms with E-state index >= 15 is 0 Å². The van der Waals surface area contributed by atoms with Crippen molar-refractivity contribution >= 4 is 22.8 Å². The van der Waals surface area contributed by atoms with Crippen LogP contribution in [0.15, 0.2) is 78.4 Å². The molecular formula is C24H20N2O3. The Kier molecular flexibility index (Phi) is 6.29. The van der Waals surface area contributed by atoms with Crippen molar-refractivity contribution in [2.45, 2.75) is 6.54 Å². The van der Waals surface area contributed by atoms with E-state index < -0.39 is 5.91 Å². The molecule has 0 spiro atoms. The third-order valence-electron chi connectivity index (χ3n) is 4.44. The minimum absolute atomic E-state index is 0.00669. The normalized spacial score (nSPS) is 11.4. The summed E-state index contributed by atoms with van der Waals surface area (Å²) in [5.74, 6) is -0.0384. The molecule has 5 heteroatoms. The number of carbonyl (C=O) groups is 1. The number of nitriles is 1. The average Bonchev–Trinajstić information content (AvgIpc) is 2.76. The SMILES string of the molecule is COc1cc(C=CC=C(C#N)C(=O)NCc2cccc3ccccc23)ccc1O. The number of rotatable bonds is 6. The Balaban J connectivity index is 1.69. The second-order valence-electron chi connectivity index (χ2n) is 6.30.